The standard InChI is InChI=1S/C27H31N3O4/c1-27(2,3)34-26(32)22-23(33-17-18-11-5-4-6-12-18)25(31)30-24(29-22)21(19-13-7-8-14-19)20-15-9-10-16-28-20/h4-6,9-12,15-16,19,21H,7-8,13-14,17H2,1-3H3,(H,29,30,31). The van der Waals surface area contributed by atoms with Crippen LogP contribution < -0.4 is 4.74 Å². The highest BCUT2D eigenvalue weighted by Crippen LogP contribution is 2.41. The molecule has 1 atom stereocenters. The van der Waals surface area contributed by atoms with E-state index in [4.69, 9.17) is 9.47 Å². The minimum Gasteiger partial charge on any atom is -0.491 e. The maximum Gasteiger partial charge on any atom is 0.361 e. The molecule has 0 radical (unpaired) electrons. The van der Waals surface area contributed by atoms with Crippen LogP contribution in [0.4, 0.5) is 0 Å². The first-order valence-electron chi connectivity index (χ1n) is 11.7. The lowest BCUT2D eigenvalue weighted by molar-refractivity contribution is 0.00564. The van der Waals surface area contributed by atoms with Gasteiger partial charge < -0.3 is 14.6 Å². The van der Waals surface area contributed by atoms with Crippen LogP contribution in [0.3, 0.4) is 0 Å². The number of hydrogen-bond acceptors (Lipinski definition) is 7. The first-order chi connectivity index (χ1) is 16.3. The molecule has 1 unspecified atom stereocenters. The molecule has 34 heavy (non-hydrogen) atoms. The Morgan fingerprint density at radius 3 is 2.41 bits per heavy atom. The van der Waals surface area contributed by atoms with Crippen LogP contribution in [0.2, 0.25) is 0 Å². The molecule has 1 saturated carbocycles. The van der Waals surface area contributed by atoms with Gasteiger partial charge in [-0.25, -0.2) is 9.78 Å². The number of aromatic hydroxyl groups is 1. The molecule has 0 amide bonds. The van der Waals surface area contributed by atoms with Crippen LogP contribution >= 0.6 is 0 Å². The monoisotopic (exact) mass is 461 g/mol. The summed E-state index contributed by atoms with van der Waals surface area (Å²) in [6, 6.07) is 15.2. The number of rotatable bonds is 7. The molecule has 7 heteroatoms. The number of benzene rings is 1. The smallest absolute Gasteiger partial charge is 0.361 e. The number of hydrogen-bond donors (Lipinski definition) is 1. The molecule has 1 aliphatic carbocycles. The molecule has 2 heterocycles. The van der Waals surface area contributed by atoms with Gasteiger partial charge >= 0.3 is 5.97 Å². The van der Waals surface area contributed by atoms with Crippen molar-refractivity contribution in [2.45, 2.75) is 64.6 Å². The van der Waals surface area contributed by atoms with Crippen LogP contribution in [0, 0.1) is 5.92 Å². The zero-order valence-electron chi connectivity index (χ0n) is 19.9. The van der Waals surface area contributed by atoms with E-state index >= 15 is 0 Å². The van der Waals surface area contributed by atoms with E-state index in [0.717, 1.165) is 36.9 Å². The van der Waals surface area contributed by atoms with Crippen molar-refractivity contribution in [1.29, 1.82) is 0 Å². The number of carbonyl (C=O) groups is 1. The van der Waals surface area contributed by atoms with Gasteiger partial charge in [-0.1, -0.05) is 49.2 Å². The lowest BCUT2D eigenvalue weighted by Gasteiger charge is -2.24. The third kappa shape index (κ3) is 5.71. The maximum absolute atomic E-state index is 13.2. The van der Waals surface area contributed by atoms with Gasteiger partial charge in [-0.2, -0.15) is 4.98 Å². The summed E-state index contributed by atoms with van der Waals surface area (Å²) in [4.78, 5) is 26.8. The summed E-state index contributed by atoms with van der Waals surface area (Å²) in [5.74, 6) is -0.721. The predicted octanol–water partition coefficient (Wildman–Crippen LogP) is 5.43. The van der Waals surface area contributed by atoms with Crippen molar-refractivity contribution < 1.29 is 19.4 Å². The number of nitrogens with zero attached hydrogens (tertiary/aromatic N) is 3. The zero-order valence-corrected chi connectivity index (χ0v) is 19.9. The molecule has 1 aromatic carbocycles. The molecule has 4 rings (SSSR count). The van der Waals surface area contributed by atoms with E-state index in [2.05, 4.69) is 15.0 Å². The molecule has 0 aliphatic heterocycles. The van der Waals surface area contributed by atoms with Gasteiger partial charge in [0.25, 0.3) is 5.88 Å². The molecule has 0 spiro atoms. The zero-order chi connectivity index (χ0) is 24.1. The highest BCUT2D eigenvalue weighted by molar-refractivity contribution is 5.91. The van der Waals surface area contributed by atoms with Gasteiger partial charge in [0.15, 0.2) is 5.69 Å². The topological polar surface area (TPSA) is 94.4 Å². The Morgan fingerprint density at radius 2 is 1.76 bits per heavy atom. The van der Waals surface area contributed by atoms with E-state index in [1.807, 2.05) is 48.5 Å². The van der Waals surface area contributed by atoms with E-state index < -0.39 is 11.6 Å². The summed E-state index contributed by atoms with van der Waals surface area (Å²) in [5.41, 5.74) is 0.896. The molecular weight excluding hydrogens is 430 g/mol. The maximum atomic E-state index is 13.2. The van der Waals surface area contributed by atoms with E-state index in [1.54, 1.807) is 27.0 Å². The van der Waals surface area contributed by atoms with Gasteiger partial charge in [-0.05, 0) is 57.2 Å². The number of carbonyl (C=O) groups excluding carboxylic acids is 1. The van der Waals surface area contributed by atoms with Crippen molar-refractivity contribution in [3.8, 4) is 11.6 Å². The Kier molecular flexibility index (Phi) is 7.10. The largest absolute Gasteiger partial charge is 0.491 e. The summed E-state index contributed by atoms with van der Waals surface area (Å²) in [5, 5.41) is 10.9. The Labute approximate surface area is 200 Å². The molecule has 178 valence electrons. The number of pyridine rings is 1. The highest BCUT2D eigenvalue weighted by atomic mass is 16.6. The van der Waals surface area contributed by atoms with Crippen molar-refractivity contribution in [3.05, 3.63) is 77.5 Å². The van der Waals surface area contributed by atoms with Crippen molar-refractivity contribution in [2.24, 2.45) is 5.92 Å². The molecule has 1 N–H and O–H groups in total. The first-order valence-corrected chi connectivity index (χ1v) is 11.7. The second kappa shape index (κ2) is 10.2. The van der Waals surface area contributed by atoms with Crippen molar-refractivity contribution in [2.75, 3.05) is 0 Å². The van der Waals surface area contributed by atoms with E-state index in [9.17, 15) is 9.90 Å². The molecule has 3 aromatic rings. The SMILES string of the molecule is CC(C)(C)OC(=O)c1nc(C(c2ccccn2)C2CCCC2)nc(O)c1OCc1ccccc1. The molecular formula is C27H31N3O4. The van der Waals surface area contributed by atoms with Crippen LogP contribution in [-0.4, -0.2) is 31.6 Å². The summed E-state index contributed by atoms with van der Waals surface area (Å²) < 4.78 is 11.5. The van der Waals surface area contributed by atoms with Crippen molar-refractivity contribution in [3.63, 3.8) is 0 Å². The second-order valence-corrected chi connectivity index (χ2v) is 9.64. The van der Waals surface area contributed by atoms with E-state index in [0.29, 0.717) is 5.82 Å². The fourth-order valence-electron chi connectivity index (χ4n) is 4.36. The van der Waals surface area contributed by atoms with E-state index in [1.165, 1.54) is 0 Å². The first kappa shape index (κ1) is 23.7. The molecule has 1 fully saturated rings. The van der Waals surface area contributed by atoms with Gasteiger partial charge in [0, 0.05) is 6.20 Å². The fourth-order valence-corrected chi connectivity index (χ4v) is 4.36. The lowest BCUT2D eigenvalue weighted by atomic mass is 9.87. The second-order valence-electron chi connectivity index (χ2n) is 9.64. The summed E-state index contributed by atoms with van der Waals surface area (Å²) >= 11 is 0. The van der Waals surface area contributed by atoms with Gasteiger partial charge in [-0.3, -0.25) is 4.98 Å². The minimum atomic E-state index is -0.736. The molecule has 2 aromatic heterocycles. The van der Waals surface area contributed by atoms with Crippen LogP contribution in [0.5, 0.6) is 11.6 Å². The summed E-state index contributed by atoms with van der Waals surface area (Å²) in [6.45, 7) is 5.50. The minimum absolute atomic E-state index is 0.0759. The third-order valence-corrected chi connectivity index (χ3v) is 5.84. The summed E-state index contributed by atoms with van der Waals surface area (Å²) in [6.07, 6.45) is 6.01. The van der Waals surface area contributed by atoms with Gasteiger partial charge in [-0.15, -0.1) is 0 Å². The van der Waals surface area contributed by atoms with Crippen molar-refractivity contribution >= 4 is 5.97 Å². The van der Waals surface area contributed by atoms with Crippen LogP contribution in [-0.2, 0) is 11.3 Å². The number of ether oxygens (including phenoxy) is 2. The average Bonchev–Trinajstić information content (AvgIpc) is 3.33. The third-order valence-electron chi connectivity index (χ3n) is 5.84. The average molecular weight is 462 g/mol. The lowest BCUT2D eigenvalue weighted by Crippen LogP contribution is -2.26. The number of esters is 1. The molecule has 0 bridgehead atoms. The van der Waals surface area contributed by atoms with Gasteiger partial charge in [0.1, 0.15) is 18.0 Å². The van der Waals surface area contributed by atoms with Crippen LogP contribution in [0.1, 0.15) is 79.9 Å². The van der Waals surface area contributed by atoms with Gasteiger partial charge in [0.2, 0.25) is 5.75 Å². The summed E-state index contributed by atoms with van der Waals surface area (Å²) in [7, 11) is 0. The fraction of sp³-hybridized carbons (Fsp3) is 0.407. The van der Waals surface area contributed by atoms with Crippen LogP contribution in [0.25, 0.3) is 0 Å². The van der Waals surface area contributed by atoms with Crippen molar-refractivity contribution in [1.82, 2.24) is 15.0 Å². The predicted molar refractivity (Wildman–Crippen MR) is 128 cm³/mol. The molecule has 0 saturated heterocycles. The Morgan fingerprint density at radius 1 is 1.06 bits per heavy atom. The van der Waals surface area contributed by atoms with E-state index in [-0.39, 0.29) is 35.8 Å². The highest BCUT2D eigenvalue weighted by Gasteiger charge is 2.34. The van der Waals surface area contributed by atoms with Gasteiger partial charge in [0.05, 0.1) is 11.6 Å². The molecule has 1 aliphatic rings. The normalized spacial score (nSPS) is 15.1. The Bertz CT molecular complexity index is 1110. The Hall–Kier alpha value is -3.48. The quantitative estimate of drug-likeness (QED) is 0.469. The van der Waals surface area contributed by atoms with Crippen LogP contribution in [0.15, 0.2) is 54.7 Å². The number of aromatic nitrogens is 3. The Balaban J connectivity index is 1.76. The molecule has 7 nitrogen and oxygen atoms in total.